The van der Waals surface area contributed by atoms with Crippen LogP contribution in [0.25, 0.3) is 77.8 Å². The predicted molar refractivity (Wildman–Crippen MR) is 233 cm³/mol. The summed E-state index contributed by atoms with van der Waals surface area (Å²) in [7, 11) is 0. The van der Waals surface area contributed by atoms with Crippen LogP contribution < -0.4 is 4.90 Å². The molecule has 0 aliphatic heterocycles. The van der Waals surface area contributed by atoms with Crippen LogP contribution in [0.5, 0.6) is 0 Å². The first-order chi connectivity index (χ1) is 27.7. The zero-order chi connectivity index (χ0) is 37.3. The Morgan fingerprint density at radius 1 is 0.321 bits per heavy atom. The molecule has 0 fully saturated rings. The maximum absolute atomic E-state index is 6.35. The highest BCUT2D eigenvalue weighted by atomic mass is 16.3. The van der Waals surface area contributed by atoms with Crippen molar-refractivity contribution in [3.63, 3.8) is 0 Å². The van der Waals surface area contributed by atoms with Crippen LogP contribution in [-0.4, -0.2) is 4.98 Å². The molecule has 1 heterocycles. The molecule has 0 radical (unpaired) electrons. The zero-order valence-electron chi connectivity index (χ0n) is 30.6. The summed E-state index contributed by atoms with van der Waals surface area (Å²) in [6, 6.07) is 77.1. The van der Waals surface area contributed by atoms with E-state index in [-0.39, 0.29) is 0 Å². The second kappa shape index (κ2) is 14.4. The molecule has 264 valence electrons. The Morgan fingerprint density at radius 3 is 1.36 bits per heavy atom. The fourth-order valence-electron chi connectivity index (χ4n) is 7.68. The van der Waals surface area contributed by atoms with Gasteiger partial charge in [-0.05, 0) is 104 Å². The molecule has 9 aromatic carbocycles. The van der Waals surface area contributed by atoms with Crippen molar-refractivity contribution in [2.24, 2.45) is 0 Å². The summed E-state index contributed by atoms with van der Waals surface area (Å²) in [6.07, 6.45) is 0. The van der Waals surface area contributed by atoms with Crippen LogP contribution in [0.3, 0.4) is 0 Å². The Kier molecular flexibility index (Phi) is 8.51. The van der Waals surface area contributed by atoms with E-state index in [1.165, 1.54) is 22.3 Å². The van der Waals surface area contributed by atoms with Crippen LogP contribution in [0, 0.1) is 0 Å². The van der Waals surface area contributed by atoms with Crippen molar-refractivity contribution < 1.29 is 4.42 Å². The molecular formula is C53H36N2O. The Labute approximate surface area is 326 Å². The standard InChI is InChI=1S/C53H36N2O/c1-4-13-37(14-5-1)40-27-31-45(32-28-40)55(47-20-12-19-44(35-47)38-15-6-2-7-16-38)46-33-29-41(30-34-46)39-23-25-42(26-24-39)50-36-51-52(49-22-11-10-21-48(49)50)56-53(54-51)43-17-8-3-9-18-43/h1-36H. The van der Waals surface area contributed by atoms with Gasteiger partial charge in [0.2, 0.25) is 5.89 Å². The predicted octanol–water partition coefficient (Wildman–Crippen LogP) is 14.8. The van der Waals surface area contributed by atoms with Crippen molar-refractivity contribution >= 4 is 38.9 Å². The van der Waals surface area contributed by atoms with Gasteiger partial charge in [0.1, 0.15) is 5.52 Å². The third kappa shape index (κ3) is 6.31. The molecule has 10 aromatic rings. The number of rotatable bonds is 8. The molecule has 0 saturated heterocycles. The second-order valence-electron chi connectivity index (χ2n) is 14.0. The number of hydrogen-bond acceptors (Lipinski definition) is 3. The average Bonchev–Trinajstić information content (AvgIpc) is 3.73. The van der Waals surface area contributed by atoms with Gasteiger partial charge in [-0.15, -0.1) is 0 Å². The molecule has 3 heteroatoms. The number of nitrogens with zero attached hydrogens (tertiary/aromatic N) is 2. The van der Waals surface area contributed by atoms with Crippen molar-refractivity contribution in [3.8, 4) is 56.0 Å². The number of anilines is 3. The summed E-state index contributed by atoms with van der Waals surface area (Å²) in [5, 5.41) is 2.20. The van der Waals surface area contributed by atoms with Gasteiger partial charge in [-0.2, -0.15) is 0 Å². The van der Waals surface area contributed by atoms with Crippen LogP contribution in [0.4, 0.5) is 17.1 Å². The fourth-order valence-corrected chi connectivity index (χ4v) is 7.68. The van der Waals surface area contributed by atoms with E-state index in [0.717, 1.165) is 66.8 Å². The van der Waals surface area contributed by atoms with Crippen molar-refractivity contribution in [2.75, 3.05) is 4.90 Å². The van der Waals surface area contributed by atoms with Gasteiger partial charge in [-0.3, -0.25) is 0 Å². The van der Waals surface area contributed by atoms with Crippen LogP contribution >= 0.6 is 0 Å². The lowest BCUT2D eigenvalue weighted by molar-refractivity contribution is 0.623. The maximum atomic E-state index is 6.35. The summed E-state index contributed by atoms with van der Waals surface area (Å²) < 4.78 is 6.35. The average molecular weight is 717 g/mol. The van der Waals surface area contributed by atoms with E-state index in [1.807, 2.05) is 30.3 Å². The van der Waals surface area contributed by atoms with E-state index in [4.69, 9.17) is 9.40 Å². The number of oxazole rings is 1. The van der Waals surface area contributed by atoms with E-state index in [0.29, 0.717) is 5.89 Å². The summed E-state index contributed by atoms with van der Waals surface area (Å²) in [4.78, 5) is 7.25. The number of hydrogen-bond donors (Lipinski definition) is 0. The lowest BCUT2D eigenvalue weighted by Gasteiger charge is -2.26. The summed E-state index contributed by atoms with van der Waals surface area (Å²) in [5.41, 5.74) is 15.3. The first-order valence-electron chi connectivity index (χ1n) is 18.9. The van der Waals surface area contributed by atoms with E-state index < -0.39 is 0 Å². The first kappa shape index (κ1) is 33.1. The summed E-state index contributed by atoms with van der Waals surface area (Å²) >= 11 is 0. The molecule has 0 aliphatic rings. The monoisotopic (exact) mass is 716 g/mol. The molecule has 0 unspecified atom stereocenters. The molecule has 56 heavy (non-hydrogen) atoms. The summed E-state index contributed by atoms with van der Waals surface area (Å²) in [6.45, 7) is 0. The second-order valence-corrected chi connectivity index (χ2v) is 14.0. The lowest BCUT2D eigenvalue weighted by Crippen LogP contribution is -2.10. The van der Waals surface area contributed by atoms with Crippen LogP contribution in [0.2, 0.25) is 0 Å². The molecular weight excluding hydrogens is 681 g/mol. The maximum Gasteiger partial charge on any atom is 0.227 e. The lowest BCUT2D eigenvalue weighted by atomic mass is 9.95. The van der Waals surface area contributed by atoms with E-state index in [1.54, 1.807) is 0 Å². The fraction of sp³-hybridized carbons (Fsp3) is 0. The minimum Gasteiger partial charge on any atom is -0.435 e. The molecule has 0 aliphatic carbocycles. The normalized spacial score (nSPS) is 11.2. The minimum atomic E-state index is 0.633. The Morgan fingerprint density at radius 2 is 0.768 bits per heavy atom. The van der Waals surface area contributed by atoms with Gasteiger partial charge < -0.3 is 9.32 Å². The summed E-state index contributed by atoms with van der Waals surface area (Å²) in [5.74, 6) is 0.633. The highest BCUT2D eigenvalue weighted by molar-refractivity contribution is 6.11. The minimum absolute atomic E-state index is 0.633. The van der Waals surface area contributed by atoms with Gasteiger partial charge >= 0.3 is 0 Å². The third-order valence-corrected chi connectivity index (χ3v) is 10.5. The van der Waals surface area contributed by atoms with E-state index >= 15 is 0 Å². The van der Waals surface area contributed by atoms with Gasteiger partial charge in [0, 0.05) is 28.0 Å². The van der Waals surface area contributed by atoms with E-state index in [2.05, 4.69) is 193 Å². The quantitative estimate of drug-likeness (QED) is 0.157. The molecule has 3 nitrogen and oxygen atoms in total. The van der Waals surface area contributed by atoms with Gasteiger partial charge in [0.25, 0.3) is 0 Å². The van der Waals surface area contributed by atoms with Crippen LogP contribution in [0.15, 0.2) is 223 Å². The van der Waals surface area contributed by atoms with Crippen molar-refractivity contribution in [3.05, 3.63) is 218 Å². The van der Waals surface area contributed by atoms with Crippen LogP contribution in [-0.2, 0) is 0 Å². The molecule has 0 amide bonds. The van der Waals surface area contributed by atoms with Crippen molar-refractivity contribution in [2.45, 2.75) is 0 Å². The topological polar surface area (TPSA) is 29.3 Å². The zero-order valence-corrected chi connectivity index (χ0v) is 30.6. The molecule has 1 aromatic heterocycles. The highest BCUT2D eigenvalue weighted by Gasteiger charge is 2.17. The first-order valence-corrected chi connectivity index (χ1v) is 18.9. The molecule has 0 spiro atoms. The molecule has 0 N–H and O–H groups in total. The largest absolute Gasteiger partial charge is 0.435 e. The van der Waals surface area contributed by atoms with Gasteiger partial charge in [0.05, 0.1) is 0 Å². The Hall–Kier alpha value is -7.49. The van der Waals surface area contributed by atoms with Crippen LogP contribution in [0.1, 0.15) is 0 Å². The van der Waals surface area contributed by atoms with Gasteiger partial charge in [-0.25, -0.2) is 4.98 Å². The molecule has 10 rings (SSSR count). The van der Waals surface area contributed by atoms with E-state index in [9.17, 15) is 0 Å². The van der Waals surface area contributed by atoms with Crippen molar-refractivity contribution in [1.82, 2.24) is 4.98 Å². The number of benzene rings is 9. The third-order valence-electron chi connectivity index (χ3n) is 10.5. The highest BCUT2D eigenvalue weighted by Crippen LogP contribution is 2.40. The smallest absolute Gasteiger partial charge is 0.227 e. The van der Waals surface area contributed by atoms with Gasteiger partial charge in [0.15, 0.2) is 5.58 Å². The molecule has 0 atom stereocenters. The molecule has 0 saturated carbocycles. The Balaban J connectivity index is 0.988. The Bertz CT molecular complexity index is 2920. The number of aromatic nitrogens is 1. The van der Waals surface area contributed by atoms with Gasteiger partial charge in [-0.1, -0.05) is 164 Å². The SMILES string of the molecule is c1ccc(-c2ccc(N(c3ccc(-c4ccc(-c5cc6nc(-c7ccccc7)oc6c6ccccc56)cc4)cc3)c3cccc(-c4ccccc4)c3)cc2)cc1. The van der Waals surface area contributed by atoms with Crippen molar-refractivity contribution in [1.29, 1.82) is 0 Å². The molecule has 0 bridgehead atoms. The number of fused-ring (bicyclic) bond motifs is 3.